The van der Waals surface area contributed by atoms with Gasteiger partial charge in [0.25, 0.3) is 0 Å². The second-order valence-electron chi connectivity index (χ2n) is 8.93. The molecule has 0 aromatic rings. The molecular weight excluding hydrogens is 350 g/mol. The maximum atomic E-state index is 11.7. The summed E-state index contributed by atoms with van der Waals surface area (Å²) in [5.41, 5.74) is 0. The molecule has 2 heterocycles. The third kappa shape index (κ3) is 4.53. The quantitative estimate of drug-likeness (QED) is 0.571. The van der Waals surface area contributed by atoms with E-state index in [0.717, 1.165) is 43.7 Å². The number of rotatable bonds is 4. The van der Waals surface area contributed by atoms with Gasteiger partial charge in [0.05, 0.1) is 17.6 Å². The van der Waals surface area contributed by atoms with E-state index in [1.165, 1.54) is 25.7 Å². The molecule has 26 heavy (non-hydrogen) atoms. The molecule has 0 aromatic heterocycles. The minimum absolute atomic E-state index is 0.173. The minimum Gasteiger partial charge on any atom is -0.378 e. The molecule has 6 unspecified atom stereocenters. The normalized spacial score (nSPS) is 42.1. The molecule has 6 nitrogen and oxygen atoms in total. The number of fused-ring (bicyclic) bond motifs is 2. The van der Waals surface area contributed by atoms with E-state index in [4.69, 9.17) is 9.73 Å². The molecule has 7 heteroatoms. The van der Waals surface area contributed by atoms with E-state index in [2.05, 4.69) is 17.6 Å². The van der Waals surface area contributed by atoms with E-state index in [1.54, 1.807) is 0 Å². The average molecular weight is 384 g/mol. The van der Waals surface area contributed by atoms with Gasteiger partial charge in [-0.15, -0.1) is 0 Å². The van der Waals surface area contributed by atoms with Gasteiger partial charge < -0.3 is 15.4 Å². The van der Waals surface area contributed by atoms with Crippen LogP contribution in [0.25, 0.3) is 0 Å². The van der Waals surface area contributed by atoms with Gasteiger partial charge in [-0.05, 0) is 63.2 Å². The zero-order chi connectivity index (χ0) is 18.1. The van der Waals surface area contributed by atoms with Gasteiger partial charge in [-0.2, -0.15) is 0 Å². The van der Waals surface area contributed by atoms with E-state index < -0.39 is 9.84 Å². The Balaban J connectivity index is 1.39. The second kappa shape index (κ2) is 7.66. The van der Waals surface area contributed by atoms with Crippen LogP contribution in [0.15, 0.2) is 4.99 Å². The molecule has 6 atom stereocenters. The van der Waals surface area contributed by atoms with Crippen molar-refractivity contribution < 1.29 is 13.2 Å². The molecule has 4 aliphatic rings. The Hall–Kier alpha value is -0.820. The zero-order valence-electron chi connectivity index (χ0n) is 15.8. The summed E-state index contributed by atoms with van der Waals surface area (Å²) in [5, 5.41) is 7.33. The van der Waals surface area contributed by atoms with Gasteiger partial charge >= 0.3 is 0 Å². The lowest BCUT2D eigenvalue weighted by molar-refractivity contribution is 0.0164. The van der Waals surface area contributed by atoms with Crippen molar-refractivity contribution in [3.63, 3.8) is 0 Å². The fraction of sp³-hybridized carbons (Fsp3) is 0.947. The lowest BCUT2D eigenvalue weighted by Gasteiger charge is -2.31. The molecule has 4 fully saturated rings. The highest BCUT2D eigenvalue weighted by Gasteiger charge is 2.40. The molecule has 0 spiro atoms. The van der Waals surface area contributed by atoms with Crippen LogP contribution < -0.4 is 10.6 Å². The molecule has 2 saturated carbocycles. The maximum Gasteiger partial charge on any atom is 0.191 e. The first-order valence-electron chi connectivity index (χ1n) is 10.4. The van der Waals surface area contributed by atoms with Crippen molar-refractivity contribution in [1.82, 2.24) is 10.6 Å². The van der Waals surface area contributed by atoms with Gasteiger partial charge in [-0.1, -0.05) is 6.42 Å². The van der Waals surface area contributed by atoms with Crippen LogP contribution in [0.2, 0.25) is 0 Å². The van der Waals surface area contributed by atoms with E-state index in [9.17, 15) is 8.42 Å². The van der Waals surface area contributed by atoms with Crippen molar-refractivity contribution in [3.8, 4) is 0 Å². The topological polar surface area (TPSA) is 79.8 Å². The fourth-order valence-electron chi connectivity index (χ4n) is 5.29. The summed E-state index contributed by atoms with van der Waals surface area (Å²) in [4.78, 5) is 4.83. The summed E-state index contributed by atoms with van der Waals surface area (Å²) in [7, 11) is -2.83. The average Bonchev–Trinajstić information content (AvgIpc) is 3.28. The van der Waals surface area contributed by atoms with Crippen LogP contribution in [0.5, 0.6) is 0 Å². The predicted octanol–water partition coefficient (Wildman–Crippen LogP) is 1.71. The van der Waals surface area contributed by atoms with Gasteiger partial charge in [-0.3, -0.25) is 4.99 Å². The zero-order valence-corrected chi connectivity index (χ0v) is 16.6. The number of nitrogens with zero attached hydrogens (tertiary/aromatic N) is 1. The van der Waals surface area contributed by atoms with Gasteiger partial charge in [0.2, 0.25) is 0 Å². The number of nitrogens with one attached hydrogen (secondary N) is 2. The summed E-state index contributed by atoms with van der Waals surface area (Å²) >= 11 is 0. The van der Waals surface area contributed by atoms with Gasteiger partial charge in [0.15, 0.2) is 15.8 Å². The molecule has 4 rings (SSSR count). The summed E-state index contributed by atoms with van der Waals surface area (Å²) in [6.45, 7) is 3.52. The van der Waals surface area contributed by atoms with Crippen LogP contribution in [-0.2, 0) is 14.6 Å². The summed E-state index contributed by atoms with van der Waals surface area (Å²) in [6, 6.07) is 0.917. The van der Waals surface area contributed by atoms with Crippen molar-refractivity contribution in [1.29, 1.82) is 0 Å². The Bertz CT molecular complexity index is 636. The molecule has 2 bridgehead atoms. The molecule has 148 valence electrons. The highest BCUT2D eigenvalue weighted by Crippen LogP contribution is 2.44. The van der Waals surface area contributed by atoms with Crippen LogP contribution >= 0.6 is 0 Å². The Morgan fingerprint density at radius 3 is 2.65 bits per heavy atom. The highest BCUT2D eigenvalue weighted by molar-refractivity contribution is 7.91. The molecule has 2 aliphatic heterocycles. The number of ether oxygens (including phenoxy) is 1. The summed E-state index contributed by atoms with van der Waals surface area (Å²) < 4.78 is 29.1. The SMILES string of the molecule is CC1CC(NC(=NCC2CCS(=O)(=O)C2)NC2CC3CCC2C3)CCO1. The first-order chi connectivity index (χ1) is 12.5. The first kappa shape index (κ1) is 18.5. The van der Waals surface area contributed by atoms with Gasteiger partial charge in [-0.25, -0.2) is 8.42 Å². The van der Waals surface area contributed by atoms with Crippen molar-refractivity contribution in [2.45, 2.75) is 70.1 Å². The van der Waals surface area contributed by atoms with Crippen LogP contribution in [0.3, 0.4) is 0 Å². The Morgan fingerprint density at radius 2 is 2.00 bits per heavy atom. The van der Waals surface area contributed by atoms with Crippen LogP contribution in [0.1, 0.15) is 51.9 Å². The molecule has 0 amide bonds. The second-order valence-corrected chi connectivity index (χ2v) is 11.2. The molecule has 2 saturated heterocycles. The lowest BCUT2D eigenvalue weighted by Crippen LogP contribution is -2.51. The number of sulfone groups is 1. The molecule has 2 aliphatic carbocycles. The highest BCUT2D eigenvalue weighted by atomic mass is 32.2. The smallest absolute Gasteiger partial charge is 0.191 e. The molecule has 0 radical (unpaired) electrons. The Kier molecular flexibility index (Phi) is 5.46. The monoisotopic (exact) mass is 383 g/mol. The van der Waals surface area contributed by atoms with Crippen molar-refractivity contribution >= 4 is 15.8 Å². The Morgan fingerprint density at radius 1 is 1.12 bits per heavy atom. The third-order valence-electron chi connectivity index (χ3n) is 6.72. The largest absolute Gasteiger partial charge is 0.378 e. The summed E-state index contributed by atoms with van der Waals surface area (Å²) in [6.07, 6.45) is 8.37. The maximum absolute atomic E-state index is 11.7. The van der Waals surface area contributed by atoms with Crippen molar-refractivity contribution in [2.75, 3.05) is 24.7 Å². The van der Waals surface area contributed by atoms with E-state index >= 15 is 0 Å². The number of guanidine groups is 1. The van der Waals surface area contributed by atoms with Gasteiger partial charge in [0.1, 0.15) is 0 Å². The van der Waals surface area contributed by atoms with Crippen molar-refractivity contribution in [3.05, 3.63) is 0 Å². The molecular formula is C19H33N3O3S. The standard InChI is InChI=1S/C19H33N3O3S/c1-13-8-17(4-6-25-13)21-19(20-11-15-5-7-26(23,24)12-15)22-18-10-14-2-3-16(18)9-14/h13-18H,2-12H2,1H3,(H2,20,21,22). The van der Waals surface area contributed by atoms with E-state index in [-0.39, 0.29) is 12.0 Å². The van der Waals surface area contributed by atoms with Crippen molar-refractivity contribution in [2.24, 2.45) is 22.7 Å². The lowest BCUT2D eigenvalue weighted by atomic mass is 9.95. The molecule has 0 aromatic carbocycles. The minimum atomic E-state index is -2.83. The molecule has 2 N–H and O–H groups in total. The predicted molar refractivity (Wildman–Crippen MR) is 103 cm³/mol. The summed E-state index contributed by atoms with van der Waals surface area (Å²) in [5.74, 6) is 3.37. The van der Waals surface area contributed by atoms with Crippen LogP contribution in [-0.4, -0.2) is 57.2 Å². The number of hydrogen-bond acceptors (Lipinski definition) is 4. The van der Waals surface area contributed by atoms with Crippen LogP contribution in [0.4, 0.5) is 0 Å². The van der Waals surface area contributed by atoms with E-state index in [0.29, 0.717) is 30.1 Å². The Labute approximate surface area is 157 Å². The number of aliphatic imine (C=N–C) groups is 1. The fourth-order valence-corrected chi connectivity index (χ4v) is 7.14. The van der Waals surface area contributed by atoms with Crippen LogP contribution in [0, 0.1) is 17.8 Å². The van der Waals surface area contributed by atoms with Gasteiger partial charge in [0, 0.05) is 25.2 Å². The first-order valence-corrected chi connectivity index (χ1v) is 12.2. The van der Waals surface area contributed by atoms with E-state index in [1.807, 2.05) is 0 Å². The number of hydrogen-bond donors (Lipinski definition) is 2. The third-order valence-corrected chi connectivity index (χ3v) is 8.56.